The molecule has 2 aromatic heterocycles. The topological polar surface area (TPSA) is 17.8 Å². The summed E-state index contributed by atoms with van der Waals surface area (Å²) in [6.45, 7) is 2.04. The molecule has 0 radical (unpaired) electrons. The molecule has 0 aliphatic rings. The number of rotatable bonds is 1. The minimum atomic E-state index is 0.792. The second kappa shape index (κ2) is 3.59. The molecule has 0 unspecified atom stereocenters. The lowest BCUT2D eigenvalue weighted by Crippen LogP contribution is -1.95. The minimum absolute atomic E-state index is 0.792. The van der Waals surface area contributed by atoms with Gasteiger partial charge in [0, 0.05) is 0 Å². The molecule has 0 spiro atoms. The smallest absolute Gasteiger partial charge is 0.119 e. The fourth-order valence-corrected chi connectivity index (χ4v) is 2.43. The molecule has 0 fully saturated rings. The number of nitrogens with zero attached hydrogens (tertiary/aromatic N) is 2. The van der Waals surface area contributed by atoms with E-state index in [1.807, 2.05) is 29.9 Å². The second-order valence-electron chi connectivity index (χ2n) is 2.57. The van der Waals surface area contributed by atoms with Crippen molar-refractivity contribution in [3.05, 3.63) is 31.9 Å². The first-order valence-electron chi connectivity index (χ1n) is 3.64. The fraction of sp³-hybridized carbons (Fsp3) is 0.125. The Morgan fingerprint density at radius 1 is 1.54 bits per heavy atom. The van der Waals surface area contributed by atoms with Gasteiger partial charge in [0.2, 0.25) is 0 Å². The average molecular weight is 325 g/mol. The Morgan fingerprint density at radius 3 is 2.77 bits per heavy atom. The molecule has 0 amide bonds. The SMILES string of the molecule is Cc1c(I)cnn1-c1ccc(Cl)s1. The van der Waals surface area contributed by atoms with E-state index in [-0.39, 0.29) is 0 Å². The minimum Gasteiger partial charge on any atom is -0.227 e. The van der Waals surface area contributed by atoms with Gasteiger partial charge in [-0.15, -0.1) is 11.3 Å². The monoisotopic (exact) mass is 324 g/mol. The first kappa shape index (κ1) is 9.48. The Kier molecular flexibility index (Phi) is 2.62. The van der Waals surface area contributed by atoms with Crippen LogP contribution in [0.4, 0.5) is 0 Å². The van der Waals surface area contributed by atoms with Crippen molar-refractivity contribution in [2.75, 3.05) is 0 Å². The van der Waals surface area contributed by atoms with E-state index in [1.165, 1.54) is 14.9 Å². The number of halogens is 2. The van der Waals surface area contributed by atoms with E-state index in [4.69, 9.17) is 11.6 Å². The zero-order chi connectivity index (χ0) is 9.42. The Labute approximate surface area is 98.7 Å². The van der Waals surface area contributed by atoms with Crippen LogP contribution in [0.1, 0.15) is 5.69 Å². The maximum atomic E-state index is 5.84. The Balaban J connectivity index is 2.52. The third kappa shape index (κ3) is 1.75. The molecule has 2 rings (SSSR count). The lowest BCUT2D eigenvalue weighted by molar-refractivity contribution is 0.862. The zero-order valence-corrected chi connectivity index (χ0v) is 10.5. The highest BCUT2D eigenvalue weighted by Crippen LogP contribution is 2.26. The van der Waals surface area contributed by atoms with Crippen LogP contribution in [0.2, 0.25) is 4.34 Å². The number of aromatic nitrogens is 2. The van der Waals surface area contributed by atoms with E-state index < -0.39 is 0 Å². The molecular formula is C8H6ClIN2S. The summed E-state index contributed by atoms with van der Waals surface area (Å²) in [6.07, 6.45) is 1.85. The van der Waals surface area contributed by atoms with Crippen LogP contribution in [-0.4, -0.2) is 9.78 Å². The van der Waals surface area contributed by atoms with Gasteiger partial charge in [-0.05, 0) is 41.6 Å². The normalized spacial score (nSPS) is 10.7. The largest absolute Gasteiger partial charge is 0.227 e. The first-order chi connectivity index (χ1) is 6.18. The van der Waals surface area contributed by atoms with Gasteiger partial charge >= 0.3 is 0 Å². The molecule has 2 nitrogen and oxygen atoms in total. The highest BCUT2D eigenvalue weighted by molar-refractivity contribution is 14.1. The first-order valence-corrected chi connectivity index (χ1v) is 5.91. The lowest BCUT2D eigenvalue weighted by Gasteiger charge is -1.98. The van der Waals surface area contributed by atoms with Crippen molar-refractivity contribution in [2.45, 2.75) is 6.92 Å². The van der Waals surface area contributed by atoms with E-state index in [0.29, 0.717) is 0 Å². The van der Waals surface area contributed by atoms with Gasteiger partial charge in [-0.3, -0.25) is 0 Å². The Morgan fingerprint density at radius 2 is 2.31 bits per heavy atom. The van der Waals surface area contributed by atoms with Crippen molar-refractivity contribution >= 4 is 45.5 Å². The molecule has 5 heteroatoms. The molecule has 68 valence electrons. The van der Waals surface area contributed by atoms with Crippen molar-refractivity contribution in [3.8, 4) is 5.00 Å². The van der Waals surface area contributed by atoms with Gasteiger partial charge in [-0.25, -0.2) is 4.68 Å². The van der Waals surface area contributed by atoms with E-state index in [0.717, 1.165) is 15.0 Å². The zero-order valence-electron chi connectivity index (χ0n) is 6.79. The molecule has 0 N–H and O–H groups in total. The highest BCUT2D eigenvalue weighted by atomic mass is 127. The van der Waals surface area contributed by atoms with E-state index >= 15 is 0 Å². The van der Waals surface area contributed by atoms with E-state index in [2.05, 4.69) is 27.7 Å². The molecular weight excluding hydrogens is 319 g/mol. The average Bonchev–Trinajstić information content (AvgIpc) is 2.62. The lowest BCUT2D eigenvalue weighted by atomic mass is 10.5. The molecule has 13 heavy (non-hydrogen) atoms. The highest BCUT2D eigenvalue weighted by Gasteiger charge is 2.07. The molecule has 0 atom stereocenters. The van der Waals surface area contributed by atoms with Crippen LogP contribution in [0.3, 0.4) is 0 Å². The van der Waals surface area contributed by atoms with Crippen LogP contribution in [0.5, 0.6) is 0 Å². The van der Waals surface area contributed by atoms with Gasteiger partial charge in [0.25, 0.3) is 0 Å². The molecule has 2 aromatic rings. The Bertz CT molecular complexity index is 435. The molecule has 0 aromatic carbocycles. The summed E-state index contributed by atoms with van der Waals surface area (Å²) >= 11 is 9.64. The van der Waals surface area contributed by atoms with Gasteiger partial charge in [0.15, 0.2) is 0 Å². The van der Waals surface area contributed by atoms with Gasteiger partial charge in [0.1, 0.15) is 5.00 Å². The van der Waals surface area contributed by atoms with Gasteiger partial charge in [-0.2, -0.15) is 5.10 Å². The van der Waals surface area contributed by atoms with Gasteiger partial charge < -0.3 is 0 Å². The van der Waals surface area contributed by atoms with E-state index in [9.17, 15) is 0 Å². The number of hydrogen-bond donors (Lipinski definition) is 0. The van der Waals surface area contributed by atoms with Gasteiger partial charge in [0.05, 0.1) is 19.8 Å². The van der Waals surface area contributed by atoms with Crippen LogP contribution in [-0.2, 0) is 0 Å². The predicted octanol–water partition coefficient (Wildman–Crippen LogP) is 3.50. The number of hydrogen-bond acceptors (Lipinski definition) is 2. The fourth-order valence-electron chi connectivity index (χ4n) is 1.03. The van der Waals surface area contributed by atoms with Crippen molar-refractivity contribution in [3.63, 3.8) is 0 Å². The second-order valence-corrected chi connectivity index (χ2v) is 5.42. The third-order valence-corrected chi connectivity index (χ3v) is 3.98. The molecule has 0 aliphatic carbocycles. The summed E-state index contributed by atoms with van der Waals surface area (Å²) in [6, 6.07) is 3.86. The number of thiophene rings is 1. The molecule has 0 bridgehead atoms. The summed E-state index contributed by atoms with van der Waals surface area (Å²) in [4.78, 5) is 0. The van der Waals surface area contributed by atoms with Gasteiger partial charge in [-0.1, -0.05) is 11.6 Å². The summed E-state index contributed by atoms with van der Waals surface area (Å²) in [5.41, 5.74) is 1.15. The van der Waals surface area contributed by atoms with Crippen molar-refractivity contribution in [2.24, 2.45) is 0 Å². The van der Waals surface area contributed by atoms with Crippen LogP contribution in [0.15, 0.2) is 18.3 Å². The van der Waals surface area contributed by atoms with Crippen LogP contribution in [0, 0.1) is 10.5 Å². The summed E-state index contributed by atoms with van der Waals surface area (Å²) in [5.74, 6) is 0. The van der Waals surface area contributed by atoms with Crippen molar-refractivity contribution in [1.29, 1.82) is 0 Å². The standard InChI is InChI=1S/C8H6ClIN2S/c1-5-6(10)4-11-12(5)8-3-2-7(9)13-8/h2-4H,1H3. The molecule has 0 saturated carbocycles. The molecule has 0 aliphatic heterocycles. The quantitative estimate of drug-likeness (QED) is 0.734. The summed E-state index contributed by atoms with van der Waals surface area (Å²) in [7, 11) is 0. The maximum Gasteiger partial charge on any atom is 0.119 e. The summed E-state index contributed by atoms with van der Waals surface area (Å²) in [5, 5.41) is 5.32. The third-order valence-electron chi connectivity index (χ3n) is 1.72. The summed E-state index contributed by atoms with van der Waals surface area (Å²) < 4.78 is 3.86. The molecule has 0 saturated heterocycles. The van der Waals surface area contributed by atoms with Crippen LogP contribution in [0.25, 0.3) is 5.00 Å². The maximum absolute atomic E-state index is 5.84. The predicted molar refractivity (Wildman–Crippen MR) is 63.9 cm³/mol. The van der Waals surface area contributed by atoms with Crippen LogP contribution >= 0.6 is 45.5 Å². The van der Waals surface area contributed by atoms with E-state index in [1.54, 1.807) is 0 Å². The van der Waals surface area contributed by atoms with Crippen LogP contribution < -0.4 is 0 Å². The van der Waals surface area contributed by atoms with Crippen molar-refractivity contribution in [1.82, 2.24) is 9.78 Å². The van der Waals surface area contributed by atoms with Crippen molar-refractivity contribution < 1.29 is 0 Å². The molecule has 2 heterocycles. The Hall–Kier alpha value is -0.0700.